The summed E-state index contributed by atoms with van der Waals surface area (Å²) in [5.41, 5.74) is 9.16. The van der Waals surface area contributed by atoms with Crippen molar-refractivity contribution < 1.29 is 14.0 Å². The minimum atomic E-state index is -0.522. The molecule has 1 aromatic heterocycles. The van der Waals surface area contributed by atoms with Crippen molar-refractivity contribution in [1.29, 1.82) is 0 Å². The van der Waals surface area contributed by atoms with E-state index in [1.165, 1.54) is 17.0 Å². The van der Waals surface area contributed by atoms with Crippen molar-refractivity contribution in [1.82, 2.24) is 20.1 Å². The van der Waals surface area contributed by atoms with Crippen LogP contribution in [0.25, 0.3) is 16.8 Å². The number of carbonyl (C=O) groups excluding carboxylic acids is 2. The van der Waals surface area contributed by atoms with Crippen molar-refractivity contribution >= 4 is 34.8 Å². The summed E-state index contributed by atoms with van der Waals surface area (Å²) in [4.78, 5) is 43.6. The highest BCUT2D eigenvalue weighted by molar-refractivity contribution is 6.12. The van der Waals surface area contributed by atoms with Gasteiger partial charge in [0.15, 0.2) is 5.58 Å². The summed E-state index contributed by atoms with van der Waals surface area (Å²) in [5, 5.41) is 5.62. The van der Waals surface area contributed by atoms with Crippen LogP contribution in [0.2, 0.25) is 0 Å². The lowest BCUT2D eigenvalue weighted by atomic mass is 10.1. The molecule has 0 unspecified atom stereocenters. The van der Waals surface area contributed by atoms with Crippen molar-refractivity contribution in [3.63, 3.8) is 0 Å². The molecule has 0 atom stereocenters. The number of oxazole rings is 1. The van der Waals surface area contributed by atoms with E-state index in [-0.39, 0.29) is 23.9 Å². The molecule has 0 aliphatic rings. The van der Waals surface area contributed by atoms with Gasteiger partial charge in [0.2, 0.25) is 0 Å². The van der Waals surface area contributed by atoms with Crippen LogP contribution in [-0.4, -0.2) is 61.2 Å². The summed E-state index contributed by atoms with van der Waals surface area (Å²) in [7, 11) is 3.84. The van der Waals surface area contributed by atoms with E-state index in [9.17, 15) is 14.4 Å². The molecule has 3 aromatic rings. The summed E-state index contributed by atoms with van der Waals surface area (Å²) < 4.78 is 6.86. The maximum absolute atomic E-state index is 12.6. The molecule has 0 radical (unpaired) electrons. The fourth-order valence-electron chi connectivity index (χ4n) is 3.62. The zero-order valence-electron chi connectivity index (χ0n) is 22.0. The Morgan fingerprint density at radius 1 is 1.13 bits per heavy atom. The van der Waals surface area contributed by atoms with E-state index in [4.69, 9.17) is 10.2 Å². The van der Waals surface area contributed by atoms with Gasteiger partial charge in [-0.25, -0.2) is 4.79 Å². The van der Waals surface area contributed by atoms with E-state index < -0.39 is 5.76 Å². The number of nitrogens with two attached hydrogens (primary N) is 1. The minimum Gasteiger partial charge on any atom is -0.408 e. The van der Waals surface area contributed by atoms with E-state index in [2.05, 4.69) is 22.2 Å². The van der Waals surface area contributed by atoms with E-state index in [0.29, 0.717) is 47.6 Å². The Morgan fingerprint density at radius 2 is 1.92 bits per heavy atom. The van der Waals surface area contributed by atoms with Crippen molar-refractivity contribution in [3.05, 3.63) is 88.1 Å². The lowest BCUT2D eigenvalue weighted by molar-refractivity contribution is -0.117. The predicted molar refractivity (Wildman–Crippen MR) is 150 cm³/mol. The Morgan fingerprint density at radius 3 is 2.63 bits per heavy atom. The molecule has 2 amide bonds. The smallest absolute Gasteiger partial charge is 0.408 e. The highest BCUT2D eigenvalue weighted by atomic mass is 16.4. The third kappa shape index (κ3) is 7.30. The average Bonchev–Trinajstić information content (AvgIpc) is 3.21. The van der Waals surface area contributed by atoms with Gasteiger partial charge in [0, 0.05) is 37.6 Å². The largest absolute Gasteiger partial charge is 0.420 e. The first-order chi connectivity index (χ1) is 18.2. The first-order valence-electron chi connectivity index (χ1n) is 12.3. The Labute approximate surface area is 221 Å². The summed E-state index contributed by atoms with van der Waals surface area (Å²) in [5.74, 6) is -1.05. The lowest BCUT2D eigenvalue weighted by Crippen LogP contribution is -2.32. The number of carbonyl (C=O) groups is 2. The second-order valence-electron chi connectivity index (χ2n) is 8.98. The second-order valence-corrected chi connectivity index (χ2v) is 8.98. The maximum Gasteiger partial charge on any atom is 0.420 e. The van der Waals surface area contributed by atoms with Crippen molar-refractivity contribution in [2.24, 2.45) is 10.7 Å². The van der Waals surface area contributed by atoms with Crippen LogP contribution < -0.4 is 22.1 Å². The fraction of sp³-hybridized carbons (Fsp3) is 0.286. The van der Waals surface area contributed by atoms with Crippen LogP contribution >= 0.6 is 0 Å². The number of hydrogen-bond acceptors (Lipinski definition) is 7. The Balaban J connectivity index is 1.77. The highest BCUT2D eigenvalue weighted by Crippen LogP contribution is 2.19. The van der Waals surface area contributed by atoms with Crippen molar-refractivity contribution in [2.45, 2.75) is 19.9 Å². The van der Waals surface area contributed by atoms with Crippen LogP contribution in [0.5, 0.6) is 0 Å². The third-order valence-corrected chi connectivity index (χ3v) is 5.71. The molecular formula is C28H34N6O4. The molecule has 0 spiro atoms. The molecule has 1 heterocycles. The number of rotatable bonds is 12. The van der Waals surface area contributed by atoms with Crippen LogP contribution in [0.3, 0.4) is 0 Å². The van der Waals surface area contributed by atoms with Crippen LogP contribution in [-0.2, 0) is 11.3 Å². The van der Waals surface area contributed by atoms with Gasteiger partial charge in [-0.3, -0.25) is 19.1 Å². The van der Waals surface area contributed by atoms with Gasteiger partial charge in [0.05, 0.1) is 23.3 Å². The first kappa shape index (κ1) is 28.1. The molecule has 0 aliphatic heterocycles. The van der Waals surface area contributed by atoms with E-state index in [1.807, 2.05) is 50.2 Å². The molecule has 38 heavy (non-hydrogen) atoms. The summed E-state index contributed by atoms with van der Waals surface area (Å²) in [6.07, 6.45) is 3.40. The van der Waals surface area contributed by atoms with Crippen LogP contribution in [0, 0.1) is 0 Å². The summed E-state index contributed by atoms with van der Waals surface area (Å²) in [6.45, 7) is 7.94. The maximum atomic E-state index is 12.6. The van der Waals surface area contributed by atoms with Crippen molar-refractivity contribution in [3.8, 4) is 0 Å². The number of nitrogens with one attached hydrogen (secondary N) is 2. The zero-order valence-corrected chi connectivity index (χ0v) is 22.0. The highest BCUT2D eigenvalue weighted by Gasteiger charge is 2.14. The van der Waals surface area contributed by atoms with Gasteiger partial charge < -0.3 is 25.7 Å². The van der Waals surface area contributed by atoms with Gasteiger partial charge in [-0.1, -0.05) is 31.7 Å². The fourth-order valence-corrected chi connectivity index (χ4v) is 3.62. The Bertz CT molecular complexity index is 1430. The molecule has 0 saturated carbocycles. The minimum absolute atomic E-state index is 0.206. The van der Waals surface area contributed by atoms with Crippen LogP contribution in [0.1, 0.15) is 34.8 Å². The lowest BCUT2D eigenvalue weighted by Gasteiger charge is -2.10. The molecule has 10 nitrogen and oxygen atoms in total. The van der Waals surface area contributed by atoms with Gasteiger partial charge in [-0.15, -0.1) is 0 Å². The number of likely N-dealkylation sites (N-methyl/N-ethyl adjacent to an activating group) is 1. The monoisotopic (exact) mass is 518 g/mol. The van der Waals surface area contributed by atoms with Gasteiger partial charge in [-0.05, 0) is 55.9 Å². The molecule has 0 bridgehead atoms. The zero-order chi connectivity index (χ0) is 27.7. The van der Waals surface area contributed by atoms with E-state index >= 15 is 0 Å². The molecule has 200 valence electrons. The topological polar surface area (TPSA) is 135 Å². The number of amides is 2. The van der Waals surface area contributed by atoms with Crippen molar-refractivity contribution in [2.75, 3.05) is 33.7 Å². The normalized spacial score (nSPS) is 11.8. The molecule has 4 N–H and O–H groups in total. The van der Waals surface area contributed by atoms with E-state index in [0.717, 1.165) is 12.0 Å². The second kappa shape index (κ2) is 13.2. The Kier molecular flexibility index (Phi) is 9.78. The summed E-state index contributed by atoms with van der Waals surface area (Å²) in [6, 6.07) is 12.3. The Hall–Kier alpha value is -4.44. The molecule has 0 aliphatic carbocycles. The number of aliphatic imine (C=N–C) groups is 1. The standard InChI is InChI=1S/C28H34N6O4/c1-5-11-30-26(35)22-9-10-25-24(15-22)34(28(37)38-25)18-20-7-6-8-21(14-20)19(2)32-17-23(16-29)27(36)31-12-13-33(3)4/h6-10,14-17H,2,5,11-13,18,29H2,1,3-4H3,(H,30,35)(H,31,36)/b23-16+,32-17?. The number of nitrogens with zero attached hydrogens (tertiary/aromatic N) is 3. The van der Waals surface area contributed by atoms with Gasteiger partial charge >= 0.3 is 5.76 Å². The third-order valence-electron chi connectivity index (χ3n) is 5.71. The summed E-state index contributed by atoms with van der Waals surface area (Å²) >= 11 is 0. The average molecular weight is 519 g/mol. The number of fused-ring (bicyclic) bond motifs is 1. The van der Waals surface area contributed by atoms with E-state index in [1.54, 1.807) is 18.2 Å². The molecule has 2 aromatic carbocycles. The SMILES string of the molecule is C=C(N=C/C(=C\N)C(=O)NCCN(C)C)c1cccc(Cn2c(=O)oc3ccc(C(=O)NCCC)cc32)c1. The van der Waals surface area contributed by atoms with Crippen LogP contribution in [0.15, 0.2) is 75.0 Å². The molecule has 3 rings (SSSR count). The molecule has 0 fully saturated rings. The molecule has 10 heteroatoms. The predicted octanol–water partition coefficient (Wildman–Crippen LogP) is 2.34. The molecular weight excluding hydrogens is 484 g/mol. The number of benzene rings is 2. The first-order valence-corrected chi connectivity index (χ1v) is 12.3. The van der Waals surface area contributed by atoms with Gasteiger partial charge in [0.1, 0.15) is 0 Å². The number of aromatic nitrogens is 1. The molecule has 0 saturated heterocycles. The number of hydrogen-bond donors (Lipinski definition) is 3. The van der Waals surface area contributed by atoms with Gasteiger partial charge in [-0.2, -0.15) is 0 Å². The quantitative estimate of drug-likeness (QED) is 0.249. The van der Waals surface area contributed by atoms with Gasteiger partial charge in [0.25, 0.3) is 11.8 Å². The van der Waals surface area contributed by atoms with Crippen LogP contribution in [0.4, 0.5) is 0 Å².